The quantitative estimate of drug-likeness (QED) is 0.453. The predicted molar refractivity (Wildman–Crippen MR) is 154 cm³/mol. The van der Waals surface area contributed by atoms with Gasteiger partial charge in [0.15, 0.2) is 0 Å². The number of piperidine rings is 2. The summed E-state index contributed by atoms with van der Waals surface area (Å²) in [5, 5.41) is 10.4. The number of rotatable bonds is 6. The first kappa shape index (κ1) is 27.0. The van der Waals surface area contributed by atoms with E-state index in [0.29, 0.717) is 29.9 Å². The van der Waals surface area contributed by atoms with Crippen LogP contribution in [0.15, 0.2) is 61.2 Å². The standard InChI is InChI=1S/C33H45N3O2/c1-4-20-35-24(2)12-19-31-30(35)18-13-25(3)36(31)32(28-10-9-11-29(37)23-28)26-14-16-27(17-15-26)33(38)34-21-7-5-6-8-22-34/h4,9-11,14-17,23-25,30-32,37H,1,5-8,12-13,18-22H2,2-3H3. The molecule has 5 nitrogen and oxygen atoms in total. The highest BCUT2D eigenvalue weighted by molar-refractivity contribution is 5.94. The summed E-state index contributed by atoms with van der Waals surface area (Å²) in [5.74, 6) is 0.451. The Hall–Kier alpha value is -2.63. The molecule has 204 valence electrons. The fourth-order valence-corrected chi connectivity index (χ4v) is 7.32. The van der Waals surface area contributed by atoms with E-state index in [2.05, 4.69) is 48.4 Å². The van der Waals surface area contributed by atoms with E-state index in [4.69, 9.17) is 0 Å². The molecule has 3 fully saturated rings. The van der Waals surface area contributed by atoms with Crippen molar-refractivity contribution in [1.29, 1.82) is 0 Å². The Morgan fingerprint density at radius 1 is 0.921 bits per heavy atom. The molecular formula is C33H45N3O2. The van der Waals surface area contributed by atoms with Gasteiger partial charge in [0.25, 0.3) is 5.91 Å². The van der Waals surface area contributed by atoms with Crippen LogP contribution in [0, 0.1) is 0 Å². The Morgan fingerprint density at radius 2 is 1.61 bits per heavy atom. The molecule has 0 aliphatic carbocycles. The Kier molecular flexibility index (Phi) is 8.54. The summed E-state index contributed by atoms with van der Waals surface area (Å²) in [6.07, 6.45) is 11.4. The lowest BCUT2D eigenvalue weighted by molar-refractivity contribution is -0.0499. The van der Waals surface area contributed by atoms with Crippen molar-refractivity contribution >= 4 is 5.91 Å². The highest BCUT2D eigenvalue weighted by Crippen LogP contribution is 2.43. The van der Waals surface area contributed by atoms with E-state index in [1.165, 1.54) is 37.7 Å². The summed E-state index contributed by atoms with van der Waals surface area (Å²) in [6, 6.07) is 18.1. The van der Waals surface area contributed by atoms with Crippen LogP contribution in [0.25, 0.3) is 0 Å². The zero-order chi connectivity index (χ0) is 26.6. The molecule has 2 aromatic carbocycles. The van der Waals surface area contributed by atoms with E-state index in [1.54, 1.807) is 6.07 Å². The summed E-state index contributed by atoms with van der Waals surface area (Å²) in [6.45, 7) is 11.4. The largest absolute Gasteiger partial charge is 0.508 e. The number of amides is 1. The normalized spacial score (nSPS) is 27.8. The third kappa shape index (κ3) is 5.55. The van der Waals surface area contributed by atoms with Crippen molar-refractivity contribution in [2.24, 2.45) is 0 Å². The lowest BCUT2D eigenvalue weighted by Crippen LogP contribution is -2.63. The number of likely N-dealkylation sites (tertiary alicyclic amines) is 3. The molecule has 0 saturated carbocycles. The van der Waals surface area contributed by atoms with Crippen LogP contribution in [0.4, 0.5) is 0 Å². The highest BCUT2D eigenvalue weighted by Gasteiger charge is 2.45. The SMILES string of the molecule is C=CCN1C(C)CCC2C1CCC(C)N2C(c1ccc(C(=O)N2CCCCCC2)cc1)c1cccc(O)c1. The van der Waals surface area contributed by atoms with Gasteiger partial charge in [0.1, 0.15) is 5.75 Å². The Bertz CT molecular complexity index is 1090. The van der Waals surface area contributed by atoms with E-state index in [9.17, 15) is 9.90 Å². The van der Waals surface area contributed by atoms with Gasteiger partial charge in [0, 0.05) is 49.4 Å². The number of carbonyl (C=O) groups excluding carboxylic acids is 1. The molecule has 3 aliphatic rings. The van der Waals surface area contributed by atoms with Gasteiger partial charge in [0.2, 0.25) is 0 Å². The maximum absolute atomic E-state index is 13.3. The van der Waals surface area contributed by atoms with E-state index in [1.807, 2.05) is 35.2 Å². The van der Waals surface area contributed by atoms with Crippen molar-refractivity contribution in [1.82, 2.24) is 14.7 Å². The molecule has 5 heteroatoms. The van der Waals surface area contributed by atoms with Crippen LogP contribution < -0.4 is 0 Å². The molecule has 0 radical (unpaired) electrons. The Labute approximate surface area is 229 Å². The van der Waals surface area contributed by atoms with Gasteiger partial charge in [0.05, 0.1) is 6.04 Å². The number of carbonyl (C=O) groups is 1. The van der Waals surface area contributed by atoms with Gasteiger partial charge in [-0.25, -0.2) is 0 Å². The van der Waals surface area contributed by atoms with Crippen molar-refractivity contribution in [3.63, 3.8) is 0 Å². The Morgan fingerprint density at radius 3 is 2.29 bits per heavy atom. The zero-order valence-corrected chi connectivity index (χ0v) is 23.3. The summed E-state index contributed by atoms with van der Waals surface area (Å²) >= 11 is 0. The van der Waals surface area contributed by atoms with Crippen LogP contribution in [0.1, 0.15) is 92.7 Å². The summed E-state index contributed by atoms with van der Waals surface area (Å²) in [4.78, 5) is 20.7. The summed E-state index contributed by atoms with van der Waals surface area (Å²) in [5.41, 5.74) is 3.07. The van der Waals surface area contributed by atoms with Gasteiger partial charge in [-0.1, -0.05) is 43.2 Å². The number of nitrogens with zero attached hydrogens (tertiary/aromatic N) is 3. The molecule has 5 rings (SSSR count). The third-order valence-electron chi connectivity index (χ3n) is 9.28. The van der Waals surface area contributed by atoms with E-state index in [-0.39, 0.29) is 11.9 Å². The van der Waals surface area contributed by atoms with Crippen LogP contribution in [0.2, 0.25) is 0 Å². The van der Waals surface area contributed by atoms with Crippen molar-refractivity contribution in [3.05, 3.63) is 77.9 Å². The molecule has 1 N–H and O–H groups in total. The number of aromatic hydroxyl groups is 1. The van der Waals surface area contributed by atoms with Gasteiger partial charge in [-0.05, 0) is 87.8 Å². The van der Waals surface area contributed by atoms with Crippen LogP contribution in [-0.4, -0.2) is 69.5 Å². The number of hydrogen-bond donors (Lipinski definition) is 1. The molecule has 5 unspecified atom stereocenters. The number of benzene rings is 2. The second-order valence-corrected chi connectivity index (χ2v) is 11.7. The second-order valence-electron chi connectivity index (χ2n) is 11.7. The van der Waals surface area contributed by atoms with Gasteiger partial charge >= 0.3 is 0 Å². The number of phenolic OH excluding ortho intramolecular Hbond substituents is 1. The molecule has 1 amide bonds. The zero-order valence-electron chi connectivity index (χ0n) is 23.3. The minimum absolute atomic E-state index is 0.0197. The van der Waals surface area contributed by atoms with Crippen molar-refractivity contribution in [3.8, 4) is 5.75 Å². The van der Waals surface area contributed by atoms with Crippen LogP contribution in [-0.2, 0) is 0 Å². The first-order chi connectivity index (χ1) is 18.5. The molecule has 3 aliphatic heterocycles. The summed E-state index contributed by atoms with van der Waals surface area (Å²) < 4.78 is 0. The fourth-order valence-electron chi connectivity index (χ4n) is 7.32. The van der Waals surface area contributed by atoms with E-state index >= 15 is 0 Å². The fraction of sp³-hybridized carbons (Fsp3) is 0.545. The molecule has 5 atom stereocenters. The molecule has 0 spiro atoms. The first-order valence-corrected chi connectivity index (χ1v) is 14.8. The summed E-state index contributed by atoms with van der Waals surface area (Å²) in [7, 11) is 0. The second kappa shape index (κ2) is 12.0. The molecule has 38 heavy (non-hydrogen) atoms. The highest BCUT2D eigenvalue weighted by atomic mass is 16.3. The smallest absolute Gasteiger partial charge is 0.253 e. The Balaban J connectivity index is 1.49. The van der Waals surface area contributed by atoms with Crippen molar-refractivity contribution in [2.75, 3.05) is 19.6 Å². The molecular weight excluding hydrogens is 470 g/mol. The van der Waals surface area contributed by atoms with Crippen LogP contribution in [0.3, 0.4) is 0 Å². The van der Waals surface area contributed by atoms with Crippen LogP contribution in [0.5, 0.6) is 5.75 Å². The average molecular weight is 516 g/mol. The average Bonchev–Trinajstić information content (AvgIpc) is 3.21. The minimum Gasteiger partial charge on any atom is -0.508 e. The number of fused-ring (bicyclic) bond motifs is 1. The molecule has 3 saturated heterocycles. The molecule has 0 bridgehead atoms. The lowest BCUT2D eigenvalue weighted by Gasteiger charge is -2.56. The van der Waals surface area contributed by atoms with Crippen molar-refractivity contribution in [2.45, 2.75) is 95.4 Å². The predicted octanol–water partition coefficient (Wildman–Crippen LogP) is 6.39. The molecule has 2 aromatic rings. The maximum atomic E-state index is 13.3. The van der Waals surface area contributed by atoms with Gasteiger partial charge in [-0.2, -0.15) is 0 Å². The minimum atomic E-state index is 0.0197. The van der Waals surface area contributed by atoms with Crippen LogP contribution >= 0.6 is 0 Å². The number of phenols is 1. The number of hydrogen-bond acceptors (Lipinski definition) is 4. The molecule has 0 aromatic heterocycles. The molecule has 3 heterocycles. The first-order valence-electron chi connectivity index (χ1n) is 14.8. The van der Waals surface area contributed by atoms with E-state index < -0.39 is 0 Å². The monoisotopic (exact) mass is 515 g/mol. The topological polar surface area (TPSA) is 47.0 Å². The maximum Gasteiger partial charge on any atom is 0.253 e. The van der Waals surface area contributed by atoms with Crippen molar-refractivity contribution < 1.29 is 9.90 Å². The van der Waals surface area contributed by atoms with Gasteiger partial charge in [-0.15, -0.1) is 6.58 Å². The van der Waals surface area contributed by atoms with Gasteiger partial charge < -0.3 is 10.0 Å². The van der Waals surface area contributed by atoms with E-state index in [0.717, 1.165) is 50.0 Å². The third-order valence-corrected chi connectivity index (χ3v) is 9.28. The van der Waals surface area contributed by atoms with Gasteiger partial charge in [-0.3, -0.25) is 14.6 Å². The lowest BCUT2D eigenvalue weighted by atomic mass is 9.79.